The number of ether oxygens (including phenoxy) is 1. The number of benzene rings is 1. The highest BCUT2D eigenvalue weighted by molar-refractivity contribution is 9.10. The number of hydrogen-bond donors (Lipinski definition) is 1. The lowest BCUT2D eigenvalue weighted by Gasteiger charge is -2.09. The first kappa shape index (κ1) is 13.3. The maximum Gasteiger partial charge on any atom is 0.224 e. The molecule has 1 N–H and O–H groups in total. The molecule has 6 heteroatoms. The van der Waals surface area contributed by atoms with Gasteiger partial charge in [0.25, 0.3) is 0 Å². The number of halogens is 2. The van der Waals surface area contributed by atoms with Gasteiger partial charge in [-0.15, -0.1) is 0 Å². The monoisotopic (exact) mass is 337 g/mol. The van der Waals surface area contributed by atoms with Crippen LogP contribution in [0, 0.1) is 5.82 Å². The first-order valence-electron chi connectivity index (χ1n) is 6.35. The first-order chi connectivity index (χ1) is 9.65. The van der Waals surface area contributed by atoms with Crippen LogP contribution in [0.2, 0.25) is 0 Å². The van der Waals surface area contributed by atoms with Crippen LogP contribution in [-0.4, -0.2) is 17.0 Å². The van der Waals surface area contributed by atoms with Crippen LogP contribution in [0.25, 0.3) is 0 Å². The van der Waals surface area contributed by atoms with Crippen molar-refractivity contribution in [3.63, 3.8) is 0 Å². The van der Waals surface area contributed by atoms with Gasteiger partial charge in [-0.1, -0.05) is 15.9 Å². The quantitative estimate of drug-likeness (QED) is 0.912. The van der Waals surface area contributed by atoms with E-state index in [0.717, 1.165) is 18.7 Å². The van der Waals surface area contributed by atoms with Crippen molar-refractivity contribution in [2.75, 3.05) is 12.4 Å². The van der Waals surface area contributed by atoms with Crippen molar-refractivity contribution in [2.24, 2.45) is 0 Å². The Morgan fingerprint density at radius 1 is 1.30 bits per heavy atom. The van der Waals surface area contributed by atoms with Crippen molar-refractivity contribution in [1.29, 1.82) is 0 Å². The molecule has 1 heterocycles. The van der Waals surface area contributed by atoms with E-state index in [-0.39, 0.29) is 5.75 Å². The molecule has 1 aromatic heterocycles. The molecule has 1 fully saturated rings. The summed E-state index contributed by atoms with van der Waals surface area (Å²) in [6.07, 6.45) is 2.19. The second kappa shape index (κ2) is 5.36. The summed E-state index contributed by atoms with van der Waals surface area (Å²) >= 11 is 3.21. The zero-order valence-corrected chi connectivity index (χ0v) is 12.4. The van der Waals surface area contributed by atoms with Gasteiger partial charge in [-0.3, -0.25) is 0 Å². The lowest BCUT2D eigenvalue weighted by atomic mass is 10.3. The van der Waals surface area contributed by atoms with E-state index >= 15 is 0 Å². The maximum atomic E-state index is 13.8. The standard InChI is InChI=1S/C14H13BrFN3O/c1-17-12-7-13(19-14(18-12)8-2-3-8)20-11-5-4-9(15)6-10(11)16/h4-8H,2-3H2,1H3,(H,17,18,19). The van der Waals surface area contributed by atoms with Gasteiger partial charge >= 0.3 is 0 Å². The van der Waals surface area contributed by atoms with Gasteiger partial charge in [-0.05, 0) is 31.0 Å². The molecular weight excluding hydrogens is 325 g/mol. The number of rotatable bonds is 4. The Morgan fingerprint density at radius 3 is 2.75 bits per heavy atom. The molecule has 0 aliphatic heterocycles. The van der Waals surface area contributed by atoms with Crippen molar-refractivity contribution in [2.45, 2.75) is 18.8 Å². The predicted molar refractivity (Wildman–Crippen MR) is 77.7 cm³/mol. The van der Waals surface area contributed by atoms with Crippen molar-refractivity contribution < 1.29 is 9.13 Å². The van der Waals surface area contributed by atoms with Gasteiger partial charge in [-0.25, -0.2) is 9.37 Å². The molecule has 1 aliphatic carbocycles. The van der Waals surface area contributed by atoms with Crippen LogP contribution in [0.5, 0.6) is 11.6 Å². The molecular formula is C14H13BrFN3O. The highest BCUT2D eigenvalue weighted by atomic mass is 79.9. The van der Waals surface area contributed by atoms with Crippen molar-refractivity contribution in [1.82, 2.24) is 9.97 Å². The fourth-order valence-electron chi connectivity index (χ4n) is 1.82. The van der Waals surface area contributed by atoms with Crippen LogP contribution in [0.15, 0.2) is 28.7 Å². The van der Waals surface area contributed by atoms with Crippen LogP contribution in [0.1, 0.15) is 24.6 Å². The molecule has 104 valence electrons. The average Bonchev–Trinajstić information content (AvgIpc) is 3.26. The summed E-state index contributed by atoms with van der Waals surface area (Å²) in [5.74, 6) is 1.90. The number of nitrogens with one attached hydrogen (secondary N) is 1. The molecule has 0 unspecified atom stereocenters. The molecule has 1 aromatic carbocycles. The minimum absolute atomic E-state index is 0.149. The Hall–Kier alpha value is -1.69. The van der Waals surface area contributed by atoms with Crippen molar-refractivity contribution >= 4 is 21.7 Å². The largest absolute Gasteiger partial charge is 0.436 e. The predicted octanol–water partition coefficient (Wildman–Crippen LogP) is 4.09. The zero-order valence-electron chi connectivity index (χ0n) is 10.9. The van der Waals surface area contributed by atoms with E-state index in [1.165, 1.54) is 6.07 Å². The Bertz CT molecular complexity index is 646. The fourth-order valence-corrected chi connectivity index (χ4v) is 2.15. The molecule has 0 saturated heterocycles. The van der Waals surface area contributed by atoms with Gasteiger partial charge in [0.1, 0.15) is 11.6 Å². The summed E-state index contributed by atoms with van der Waals surface area (Å²) in [6, 6.07) is 6.31. The second-order valence-corrected chi connectivity index (χ2v) is 5.57. The van der Waals surface area contributed by atoms with E-state index in [1.807, 2.05) is 0 Å². The summed E-state index contributed by atoms with van der Waals surface area (Å²) in [7, 11) is 1.78. The third kappa shape index (κ3) is 2.90. The molecule has 0 bridgehead atoms. The number of nitrogens with zero attached hydrogens (tertiary/aromatic N) is 2. The fraction of sp³-hybridized carbons (Fsp3) is 0.286. The summed E-state index contributed by atoms with van der Waals surface area (Å²) in [5, 5.41) is 2.97. The minimum atomic E-state index is -0.433. The Balaban J connectivity index is 1.91. The molecule has 0 atom stereocenters. The third-order valence-corrected chi connectivity index (χ3v) is 3.52. The van der Waals surface area contributed by atoms with E-state index in [4.69, 9.17) is 4.74 Å². The van der Waals surface area contributed by atoms with Crippen molar-refractivity contribution in [3.05, 3.63) is 40.4 Å². The van der Waals surface area contributed by atoms with E-state index < -0.39 is 5.82 Å². The van der Waals surface area contributed by atoms with Crippen LogP contribution in [0.4, 0.5) is 10.2 Å². The molecule has 2 aromatic rings. The molecule has 20 heavy (non-hydrogen) atoms. The minimum Gasteiger partial charge on any atom is -0.436 e. The summed E-state index contributed by atoms with van der Waals surface area (Å²) in [6.45, 7) is 0. The molecule has 1 aliphatic rings. The molecule has 0 radical (unpaired) electrons. The Morgan fingerprint density at radius 2 is 2.10 bits per heavy atom. The lowest BCUT2D eigenvalue weighted by molar-refractivity contribution is 0.424. The van der Waals surface area contributed by atoms with Crippen molar-refractivity contribution in [3.8, 4) is 11.6 Å². The van der Waals surface area contributed by atoms with Gasteiger partial charge in [0.2, 0.25) is 5.88 Å². The van der Waals surface area contributed by atoms with Crippen LogP contribution < -0.4 is 10.1 Å². The van der Waals surface area contributed by atoms with Gasteiger partial charge in [-0.2, -0.15) is 4.98 Å². The molecule has 4 nitrogen and oxygen atoms in total. The number of anilines is 1. The zero-order chi connectivity index (χ0) is 14.1. The average molecular weight is 338 g/mol. The van der Waals surface area contributed by atoms with Crippen LogP contribution >= 0.6 is 15.9 Å². The molecule has 0 spiro atoms. The number of hydrogen-bond acceptors (Lipinski definition) is 4. The number of aromatic nitrogens is 2. The molecule has 1 saturated carbocycles. The normalized spacial score (nSPS) is 14.2. The summed E-state index contributed by atoms with van der Waals surface area (Å²) < 4.78 is 20.0. The highest BCUT2D eigenvalue weighted by Gasteiger charge is 2.27. The van der Waals surface area contributed by atoms with Crippen LogP contribution in [-0.2, 0) is 0 Å². The lowest BCUT2D eigenvalue weighted by Crippen LogP contribution is -2.01. The Kier molecular flexibility index (Phi) is 3.56. The van der Waals surface area contributed by atoms with Gasteiger partial charge in [0.05, 0.1) is 0 Å². The van der Waals surface area contributed by atoms with E-state index in [2.05, 4.69) is 31.2 Å². The second-order valence-electron chi connectivity index (χ2n) is 4.65. The topological polar surface area (TPSA) is 47.0 Å². The molecule has 0 amide bonds. The summed E-state index contributed by atoms with van der Waals surface area (Å²) in [4.78, 5) is 8.74. The first-order valence-corrected chi connectivity index (χ1v) is 7.14. The maximum absolute atomic E-state index is 13.8. The Labute approximate surface area is 124 Å². The van der Waals surface area contributed by atoms with Gasteiger partial charge < -0.3 is 10.1 Å². The van der Waals surface area contributed by atoms with Gasteiger partial charge in [0, 0.05) is 23.5 Å². The van der Waals surface area contributed by atoms with E-state index in [0.29, 0.717) is 22.1 Å². The molecule has 3 rings (SSSR count). The van der Waals surface area contributed by atoms with E-state index in [1.54, 1.807) is 25.2 Å². The third-order valence-electron chi connectivity index (χ3n) is 3.03. The summed E-state index contributed by atoms with van der Waals surface area (Å²) in [5.41, 5.74) is 0. The van der Waals surface area contributed by atoms with Gasteiger partial charge in [0.15, 0.2) is 11.6 Å². The van der Waals surface area contributed by atoms with Crippen LogP contribution in [0.3, 0.4) is 0 Å². The SMILES string of the molecule is CNc1cc(Oc2ccc(Br)cc2F)nc(C2CC2)n1. The smallest absolute Gasteiger partial charge is 0.224 e. The highest BCUT2D eigenvalue weighted by Crippen LogP contribution is 2.39. The van der Waals surface area contributed by atoms with E-state index in [9.17, 15) is 4.39 Å².